The molecule has 0 aromatic heterocycles. The number of methoxy groups -OCH3 is 1. The van der Waals surface area contributed by atoms with Gasteiger partial charge >= 0.3 is 0 Å². The number of rotatable bonds is 2. The monoisotopic (exact) mass is 227 g/mol. The number of ether oxygens (including phenoxy) is 1. The fourth-order valence-electron chi connectivity index (χ4n) is 1.65. The van der Waals surface area contributed by atoms with Crippen molar-refractivity contribution in [2.45, 2.75) is 31.9 Å². The van der Waals surface area contributed by atoms with Crippen LogP contribution in [0.5, 0.6) is 0 Å². The molecule has 2 unspecified atom stereocenters. The third kappa shape index (κ3) is 2.80. The van der Waals surface area contributed by atoms with Gasteiger partial charge in [-0.15, -0.1) is 0 Å². The third-order valence-electron chi connectivity index (χ3n) is 2.38. The van der Waals surface area contributed by atoms with Gasteiger partial charge in [-0.05, 0) is 19.8 Å². The third-order valence-corrected chi connectivity index (χ3v) is 4.02. The summed E-state index contributed by atoms with van der Waals surface area (Å²) in [6, 6.07) is -0.0683. The summed E-state index contributed by atoms with van der Waals surface area (Å²) in [5.74, 6) is 0. The van der Waals surface area contributed by atoms with Crippen molar-refractivity contribution in [2.75, 3.05) is 13.7 Å². The fraction of sp³-hybridized carbons (Fsp3) is 1.00. The zero-order valence-electron chi connectivity index (χ0n) is 7.73. The minimum absolute atomic E-state index is 0.0683. The quantitative estimate of drug-likeness (QED) is 0.661. The van der Waals surface area contributed by atoms with Crippen LogP contribution in [-0.4, -0.2) is 38.5 Å². The lowest BCUT2D eigenvalue weighted by Crippen LogP contribution is -2.44. The highest BCUT2D eigenvalue weighted by atomic mass is 35.7. The molecule has 2 atom stereocenters. The molecule has 1 aliphatic heterocycles. The summed E-state index contributed by atoms with van der Waals surface area (Å²) in [7, 11) is 3.34. The Morgan fingerprint density at radius 3 is 2.54 bits per heavy atom. The molecule has 0 bridgehead atoms. The topological polar surface area (TPSA) is 46.6 Å². The highest BCUT2D eigenvalue weighted by Gasteiger charge is 2.32. The molecule has 1 heterocycles. The molecule has 1 fully saturated rings. The average Bonchev–Trinajstić information content (AvgIpc) is 2.01. The van der Waals surface area contributed by atoms with Crippen molar-refractivity contribution in [1.82, 2.24) is 4.31 Å². The van der Waals surface area contributed by atoms with Crippen LogP contribution in [0.2, 0.25) is 0 Å². The van der Waals surface area contributed by atoms with E-state index in [1.54, 1.807) is 7.11 Å². The second-order valence-corrected chi connectivity index (χ2v) is 5.75. The van der Waals surface area contributed by atoms with Crippen LogP contribution in [0.15, 0.2) is 0 Å². The van der Waals surface area contributed by atoms with Gasteiger partial charge in [0, 0.05) is 30.4 Å². The van der Waals surface area contributed by atoms with Crippen molar-refractivity contribution >= 4 is 19.9 Å². The molecule has 0 saturated carbocycles. The molecule has 0 aromatic rings. The Hall–Kier alpha value is 0.160. The molecule has 0 amide bonds. The number of hydrogen-bond donors (Lipinski definition) is 0. The van der Waals surface area contributed by atoms with Gasteiger partial charge in [0.2, 0.25) is 0 Å². The smallest absolute Gasteiger partial charge is 0.300 e. The molecule has 13 heavy (non-hydrogen) atoms. The minimum Gasteiger partial charge on any atom is -0.381 e. The van der Waals surface area contributed by atoms with E-state index in [-0.39, 0.29) is 12.1 Å². The highest BCUT2D eigenvalue weighted by molar-refractivity contribution is 8.11. The van der Waals surface area contributed by atoms with Gasteiger partial charge in [0.15, 0.2) is 0 Å². The second-order valence-electron chi connectivity index (χ2n) is 3.28. The summed E-state index contributed by atoms with van der Waals surface area (Å²) in [4.78, 5) is 0. The van der Waals surface area contributed by atoms with Gasteiger partial charge in [0.1, 0.15) is 0 Å². The standard InChI is InChI=1S/C7H14ClNO3S/c1-6-5-7(12-2)3-4-9(6)13(8,10)11/h6-7H,3-5H2,1-2H3. The maximum absolute atomic E-state index is 11.0. The van der Waals surface area contributed by atoms with Gasteiger partial charge in [0.05, 0.1) is 6.10 Å². The summed E-state index contributed by atoms with van der Waals surface area (Å²) in [5.41, 5.74) is 0. The first-order chi connectivity index (χ1) is 5.95. The van der Waals surface area contributed by atoms with Crippen molar-refractivity contribution < 1.29 is 13.2 Å². The SMILES string of the molecule is COC1CCN(S(=O)(=O)Cl)C(C)C1. The predicted molar refractivity (Wildman–Crippen MR) is 51.0 cm³/mol. The minimum atomic E-state index is -3.56. The van der Waals surface area contributed by atoms with Gasteiger partial charge in [-0.2, -0.15) is 12.7 Å². The summed E-state index contributed by atoms with van der Waals surface area (Å²) in [6.45, 7) is 2.29. The molecule has 0 N–H and O–H groups in total. The van der Waals surface area contributed by atoms with Gasteiger partial charge in [0.25, 0.3) is 9.24 Å². The van der Waals surface area contributed by atoms with E-state index in [9.17, 15) is 8.42 Å². The van der Waals surface area contributed by atoms with E-state index >= 15 is 0 Å². The largest absolute Gasteiger partial charge is 0.381 e. The van der Waals surface area contributed by atoms with Crippen LogP contribution in [0, 0.1) is 0 Å². The Morgan fingerprint density at radius 1 is 1.54 bits per heavy atom. The lowest BCUT2D eigenvalue weighted by atomic mass is 10.0. The summed E-state index contributed by atoms with van der Waals surface area (Å²) >= 11 is 0. The van der Waals surface area contributed by atoms with E-state index < -0.39 is 9.24 Å². The van der Waals surface area contributed by atoms with E-state index in [1.807, 2.05) is 6.92 Å². The van der Waals surface area contributed by atoms with Crippen LogP contribution >= 0.6 is 10.7 Å². The first-order valence-corrected chi connectivity index (χ1v) is 6.46. The van der Waals surface area contributed by atoms with Gasteiger partial charge < -0.3 is 4.74 Å². The Labute approximate surface area is 83.4 Å². The molecule has 0 aromatic carbocycles. The normalized spacial score (nSPS) is 31.9. The lowest BCUT2D eigenvalue weighted by molar-refractivity contribution is 0.0428. The van der Waals surface area contributed by atoms with Gasteiger partial charge in [-0.1, -0.05) is 0 Å². The average molecular weight is 228 g/mol. The molecule has 1 saturated heterocycles. The van der Waals surface area contributed by atoms with E-state index in [0.717, 1.165) is 0 Å². The van der Waals surface area contributed by atoms with E-state index in [4.69, 9.17) is 15.4 Å². The number of piperidine rings is 1. The Kier molecular flexibility index (Phi) is 3.57. The van der Waals surface area contributed by atoms with E-state index in [2.05, 4.69) is 0 Å². The highest BCUT2D eigenvalue weighted by Crippen LogP contribution is 2.23. The Bertz CT molecular complexity index is 267. The van der Waals surface area contributed by atoms with E-state index in [1.165, 1.54) is 4.31 Å². The molecule has 4 nitrogen and oxygen atoms in total. The molecular weight excluding hydrogens is 214 g/mol. The van der Waals surface area contributed by atoms with Crippen molar-refractivity contribution in [2.24, 2.45) is 0 Å². The molecule has 1 rings (SSSR count). The zero-order valence-corrected chi connectivity index (χ0v) is 9.31. The van der Waals surface area contributed by atoms with Crippen LogP contribution in [0.3, 0.4) is 0 Å². The Morgan fingerprint density at radius 2 is 2.15 bits per heavy atom. The van der Waals surface area contributed by atoms with E-state index in [0.29, 0.717) is 19.4 Å². The lowest BCUT2D eigenvalue weighted by Gasteiger charge is -2.34. The van der Waals surface area contributed by atoms with Crippen LogP contribution in [-0.2, 0) is 14.0 Å². The first kappa shape index (κ1) is 11.2. The Balaban J connectivity index is 2.64. The molecule has 78 valence electrons. The van der Waals surface area contributed by atoms with Gasteiger partial charge in [-0.25, -0.2) is 0 Å². The summed E-state index contributed by atoms with van der Waals surface area (Å²) in [5, 5.41) is 0. The first-order valence-electron chi connectivity index (χ1n) is 4.19. The summed E-state index contributed by atoms with van der Waals surface area (Å²) < 4.78 is 28.6. The van der Waals surface area contributed by atoms with Crippen LogP contribution in [0.4, 0.5) is 0 Å². The second kappa shape index (κ2) is 4.13. The van der Waals surface area contributed by atoms with Gasteiger partial charge in [-0.3, -0.25) is 0 Å². The molecule has 0 radical (unpaired) electrons. The maximum Gasteiger partial charge on any atom is 0.300 e. The van der Waals surface area contributed by atoms with Crippen LogP contribution in [0.25, 0.3) is 0 Å². The van der Waals surface area contributed by atoms with Crippen molar-refractivity contribution in [1.29, 1.82) is 0 Å². The maximum atomic E-state index is 11.0. The molecule has 1 aliphatic rings. The predicted octanol–water partition coefficient (Wildman–Crippen LogP) is 0.969. The van der Waals surface area contributed by atoms with Crippen molar-refractivity contribution in [3.63, 3.8) is 0 Å². The molecule has 0 spiro atoms. The fourth-order valence-corrected chi connectivity index (χ4v) is 3.10. The van der Waals surface area contributed by atoms with Crippen molar-refractivity contribution in [3.05, 3.63) is 0 Å². The number of nitrogens with zero attached hydrogens (tertiary/aromatic N) is 1. The molecule has 6 heteroatoms. The van der Waals surface area contributed by atoms with Crippen molar-refractivity contribution in [3.8, 4) is 0 Å². The summed E-state index contributed by atoms with van der Waals surface area (Å²) in [6.07, 6.45) is 1.58. The number of halogens is 1. The van der Waals surface area contributed by atoms with Crippen LogP contribution < -0.4 is 0 Å². The molecular formula is C7H14ClNO3S. The molecule has 0 aliphatic carbocycles. The van der Waals surface area contributed by atoms with Crippen LogP contribution in [0.1, 0.15) is 19.8 Å². The zero-order chi connectivity index (χ0) is 10.1. The number of hydrogen-bond acceptors (Lipinski definition) is 3.